The fraction of sp³-hybridized carbons (Fsp3) is 0.586. The second-order valence-corrected chi connectivity index (χ2v) is 11.5. The molecule has 6 unspecified atom stereocenters. The Balaban J connectivity index is 3.17. The molecule has 1 aromatic rings. The van der Waals surface area contributed by atoms with Gasteiger partial charge in [-0.15, -0.1) is 0 Å². The van der Waals surface area contributed by atoms with Crippen molar-refractivity contribution < 1.29 is 39.0 Å². The monoisotopic (exact) mass is 606 g/mol. The van der Waals surface area contributed by atoms with Crippen LogP contribution in [0.5, 0.6) is 0 Å². The number of aliphatic hydroxyl groups excluding tert-OH is 1. The number of amides is 5. The van der Waals surface area contributed by atoms with Crippen LogP contribution in [0.4, 0.5) is 0 Å². The third kappa shape index (κ3) is 13.7. The van der Waals surface area contributed by atoms with Crippen LogP contribution >= 0.6 is 0 Å². The smallest absolute Gasteiger partial charge is 0.326 e. The second kappa shape index (κ2) is 17.8. The number of hydrogen-bond acceptors (Lipinski definition) is 8. The van der Waals surface area contributed by atoms with Gasteiger partial charge in [0.25, 0.3) is 0 Å². The van der Waals surface area contributed by atoms with Crippen molar-refractivity contribution >= 4 is 35.5 Å². The molecule has 0 saturated heterocycles. The van der Waals surface area contributed by atoms with Gasteiger partial charge in [-0.3, -0.25) is 24.0 Å². The number of carboxylic acids is 1. The molecule has 6 atom stereocenters. The van der Waals surface area contributed by atoms with Crippen molar-refractivity contribution in [2.24, 2.45) is 23.3 Å². The molecule has 14 heteroatoms. The Morgan fingerprint density at radius 2 is 1.21 bits per heavy atom. The molecule has 1 aromatic carbocycles. The first kappa shape index (κ1) is 37.0. The third-order valence-corrected chi connectivity index (χ3v) is 6.40. The SMILES string of the molecule is CC(C)CC(NC(=O)C(CC(C)C)NC(=O)C(NC(=O)C(Cc1ccccc1)NC(=O)C(N)CC(N)=O)C(C)O)C(=O)O. The average Bonchev–Trinajstić information content (AvgIpc) is 2.89. The number of nitrogens with two attached hydrogens (primary N) is 2. The van der Waals surface area contributed by atoms with Crippen molar-refractivity contribution in [2.45, 2.75) is 96.6 Å². The summed E-state index contributed by atoms with van der Waals surface area (Å²) in [5, 5.41) is 29.8. The van der Waals surface area contributed by atoms with E-state index in [1.165, 1.54) is 6.92 Å². The van der Waals surface area contributed by atoms with Gasteiger partial charge in [-0.2, -0.15) is 0 Å². The summed E-state index contributed by atoms with van der Waals surface area (Å²) in [5.74, 6) is -5.40. The number of benzene rings is 1. The molecule has 0 aliphatic heterocycles. The molecule has 0 heterocycles. The van der Waals surface area contributed by atoms with Crippen LogP contribution in [0.1, 0.15) is 59.4 Å². The van der Waals surface area contributed by atoms with E-state index in [9.17, 15) is 39.0 Å². The van der Waals surface area contributed by atoms with Crippen LogP contribution in [0, 0.1) is 11.8 Å². The lowest BCUT2D eigenvalue weighted by atomic mass is 9.99. The summed E-state index contributed by atoms with van der Waals surface area (Å²) in [5.41, 5.74) is 11.5. The van der Waals surface area contributed by atoms with E-state index in [4.69, 9.17) is 11.5 Å². The topological polar surface area (TPSA) is 243 Å². The molecule has 14 nitrogen and oxygen atoms in total. The van der Waals surface area contributed by atoms with Crippen molar-refractivity contribution in [3.05, 3.63) is 35.9 Å². The highest BCUT2D eigenvalue weighted by molar-refractivity contribution is 5.96. The molecule has 0 aliphatic carbocycles. The Bertz CT molecular complexity index is 1110. The minimum atomic E-state index is -1.55. The summed E-state index contributed by atoms with van der Waals surface area (Å²) >= 11 is 0. The van der Waals surface area contributed by atoms with Crippen LogP contribution in [-0.2, 0) is 35.2 Å². The highest BCUT2D eigenvalue weighted by Gasteiger charge is 2.34. The van der Waals surface area contributed by atoms with E-state index in [2.05, 4.69) is 21.3 Å². The van der Waals surface area contributed by atoms with Gasteiger partial charge in [0.15, 0.2) is 0 Å². The zero-order chi connectivity index (χ0) is 32.9. The highest BCUT2D eigenvalue weighted by Crippen LogP contribution is 2.10. The lowest BCUT2D eigenvalue weighted by Gasteiger charge is -2.28. The second-order valence-electron chi connectivity index (χ2n) is 11.5. The lowest BCUT2D eigenvalue weighted by Crippen LogP contribution is -2.61. The Morgan fingerprint density at radius 3 is 1.70 bits per heavy atom. The molecule has 0 bridgehead atoms. The minimum Gasteiger partial charge on any atom is -0.480 e. The first-order chi connectivity index (χ1) is 20.0. The van der Waals surface area contributed by atoms with Gasteiger partial charge in [-0.25, -0.2) is 4.79 Å². The minimum absolute atomic E-state index is 0.0132. The highest BCUT2D eigenvalue weighted by atomic mass is 16.4. The molecule has 1 rings (SSSR count). The van der Waals surface area contributed by atoms with E-state index in [0.717, 1.165) is 0 Å². The Kier molecular flexibility index (Phi) is 15.3. The molecule has 10 N–H and O–H groups in total. The third-order valence-electron chi connectivity index (χ3n) is 6.40. The van der Waals surface area contributed by atoms with E-state index >= 15 is 0 Å². The van der Waals surface area contributed by atoms with Crippen LogP contribution in [0.3, 0.4) is 0 Å². The molecular weight excluding hydrogens is 560 g/mol. The first-order valence-electron chi connectivity index (χ1n) is 14.2. The van der Waals surface area contributed by atoms with Gasteiger partial charge in [0, 0.05) is 6.42 Å². The van der Waals surface area contributed by atoms with Gasteiger partial charge in [0.2, 0.25) is 29.5 Å². The maximum absolute atomic E-state index is 13.4. The Labute approximate surface area is 251 Å². The number of aliphatic carboxylic acids is 1. The van der Waals surface area contributed by atoms with Crippen molar-refractivity contribution in [3.8, 4) is 0 Å². The quantitative estimate of drug-likeness (QED) is 0.101. The van der Waals surface area contributed by atoms with E-state index in [1.807, 2.05) is 27.7 Å². The van der Waals surface area contributed by atoms with E-state index in [0.29, 0.717) is 5.56 Å². The summed E-state index contributed by atoms with van der Waals surface area (Å²) in [6.45, 7) is 8.50. The van der Waals surface area contributed by atoms with E-state index < -0.39 is 78.2 Å². The Hall–Kier alpha value is -4.04. The largest absolute Gasteiger partial charge is 0.480 e. The van der Waals surface area contributed by atoms with Crippen molar-refractivity contribution in [1.29, 1.82) is 0 Å². The standard InChI is InChI=1S/C29H46N6O8/c1-15(2)11-20(26(39)34-22(29(42)43)12-16(3)4)33-28(41)24(17(5)36)35-27(40)21(13-18-9-7-6-8-10-18)32-25(38)19(30)14-23(31)37/h6-10,15-17,19-22,24,36H,11-14,30H2,1-5H3,(H2,31,37)(H,32,38)(H,33,41)(H,34,39)(H,35,40)(H,42,43). The predicted octanol–water partition coefficient (Wildman–Crippen LogP) is -1.07. The maximum Gasteiger partial charge on any atom is 0.326 e. The van der Waals surface area contributed by atoms with Crippen LogP contribution in [0.25, 0.3) is 0 Å². The van der Waals surface area contributed by atoms with Crippen molar-refractivity contribution in [2.75, 3.05) is 0 Å². The number of aliphatic hydroxyl groups is 1. The zero-order valence-corrected chi connectivity index (χ0v) is 25.3. The summed E-state index contributed by atoms with van der Waals surface area (Å²) in [6.07, 6.45) is -1.57. The molecule has 0 saturated carbocycles. The molecular formula is C29H46N6O8. The van der Waals surface area contributed by atoms with Crippen LogP contribution in [0.15, 0.2) is 30.3 Å². The molecule has 0 spiro atoms. The average molecular weight is 607 g/mol. The summed E-state index contributed by atoms with van der Waals surface area (Å²) < 4.78 is 0. The molecule has 0 radical (unpaired) electrons. The predicted molar refractivity (Wildman–Crippen MR) is 158 cm³/mol. The fourth-order valence-corrected chi connectivity index (χ4v) is 4.24. The summed E-state index contributed by atoms with van der Waals surface area (Å²) in [6, 6.07) is 2.20. The molecule has 43 heavy (non-hydrogen) atoms. The number of hydrogen-bond donors (Lipinski definition) is 8. The molecule has 0 fully saturated rings. The van der Waals surface area contributed by atoms with Gasteiger partial charge in [0.05, 0.1) is 18.6 Å². The number of carboxylic acid groups (broad SMARTS) is 1. The van der Waals surface area contributed by atoms with Crippen molar-refractivity contribution in [1.82, 2.24) is 21.3 Å². The van der Waals surface area contributed by atoms with Gasteiger partial charge in [-0.1, -0.05) is 58.0 Å². The number of nitrogens with one attached hydrogen (secondary N) is 4. The first-order valence-corrected chi connectivity index (χ1v) is 14.2. The number of carbonyl (C=O) groups is 6. The molecule has 240 valence electrons. The van der Waals surface area contributed by atoms with Gasteiger partial charge < -0.3 is 42.9 Å². The number of primary amides is 1. The lowest BCUT2D eigenvalue weighted by molar-refractivity contribution is -0.143. The normalized spacial score (nSPS) is 15.4. The zero-order valence-electron chi connectivity index (χ0n) is 25.3. The Morgan fingerprint density at radius 1 is 0.721 bits per heavy atom. The number of carbonyl (C=O) groups excluding carboxylic acids is 5. The fourth-order valence-electron chi connectivity index (χ4n) is 4.24. The van der Waals surface area contributed by atoms with Gasteiger partial charge >= 0.3 is 5.97 Å². The maximum atomic E-state index is 13.4. The van der Waals surface area contributed by atoms with E-state index in [-0.39, 0.29) is 31.1 Å². The summed E-state index contributed by atoms with van der Waals surface area (Å²) in [4.78, 5) is 75.3. The van der Waals surface area contributed by atoms with Crippen LogP contribution in [0.2, 0.25) is 0 Å². The molecule has 0 aromatic heterocycles. The number of rotatable bonds is 18. The van der Waals surface area contributed by atoms with Crippen LogP contribution < -0.4 is 32.7 Å². The van der Waals surface area contributed by atoms with E-state index in [1.54, 1.807) is 30.3 Å². The van der Waals surface area contributed by atoms with Gasteiger partial charge in [0.1, 0.15) is 24.2 Å². The van der Waals surface area contributed by atoms with Gasteiger partial charge in [-0.05, 0) is 37.2 Å². The summed E-state index contributed by atoms with van der Waals surface area (Å²) in [7, 11) is 0. The van der Waals surface area contributed by atoms with Crippen LogP contribution in [-0.4, -0.2) is 82.0 Å². The van der Waals surface area contributed by atoms with Crippen molar-refractivity contribution in [3.63, 3.8) is 0 Å². The molecule has 5 amide bonds. The molecule has 0 aliphatic rings.